The molecule has 1 aliphatic rings. The lowest BCUT2D eigenvalue weighted by Crippen LogP contribution is -2.48. The molecule has 2 heterocycles. The summed E-state index contributed by atoms with van der Waals surface area (Å²) in [4.78, 5) is 30.8. The Bertz CT molecular complexity index is 914. The summed E-state index contributed by atoms with van der Waals surface area (Å²) in [6.07, 6.45) is 5.10. The van der Waals surface area contributed by atoms with E-state index in [0.717, 1.165) is 29.5 Å². The number of nitrogens with one attached hydrogen (secondary N) is 1. The van der Waals surface area contributed by atoms with Gasteiger partial charge in [-0.25, -0.2) is 0 Å². The molecule has 1 aliphatic carbocycles. The standard InChI is InChI=1S/C19H23N5O3/c1-23(11-20)19(26)13-6-4-5-7-14(13)21-18(25)15-10-12-8-9-16(27-3)22-17(12)24(15)2/h8-10,13-14H,4-7H2,1-3H3,(H,21,25)/t13-,14+/m1/s1. The number of carbonyl (C=O) groups is 2. The molecular formula is C19H23N5O3. The highest BCUT2D eigenvalue weighted by Gasteiger charge is 2.34. The van der Waals surface area contributed by atoms with Gasteiger partial charge in [0.1, 0.15) is 11.3 Å². The minimum Gasteiger partial charge on any atom is -0.481 e. The van der Waals surface area contributed by atoms with E-state index in [-0.39, 0.29) is 23.8 Å². The molecule has 142 valence electrons. The number of nitriles is 1. The molecule has 0 spiro atoms. The summed E-state index contributed by atoms with van der Waals surface area (Å²) in [7, 11) is 4.78. The van der Waals surface area contributed by atoms with Crippen LogP contribution < -0.4 is 10.1 Å². The number of methoxy groups -OCH3 is 1. The van der Waals surface area contributed by atoms with Crippen LogP contribution in [-0.2, 0) is 11.8 Å². The van der Waals surface area contributed by atoms with Crippen molar-refractivity contribution in [3.8, 4) is 12.1 Å². The second-order valence-corrected chi connectivity index (χ2v) is 6.82. The maximum atomic E-state index is 12.9. The average Bonchev–Trinajstić information content (AvgIpc) is 3.03. The van der Waals surface area contributed by atoms with Crippen molar-refractivity contribution in [2.75, 3.05) is 14.2 Å². The normalized spacial score (nSPS) is 19.3. The first-order valence-corrected chi connectivity index (χ1v) is 8.95. The van der Waals surface area contributed by atoms with Crippen LogP contribution in [0.25, 0.3) is 11.0 Å². The van der Waals surface area contributed by atoms with Gasteiger partial charge in [-0.15, -0.1) is 0 Å². The summed E-state index contributed by atoms with van der Waals surface area (Å²) in [5.41, 5.74) is 1.12. The molecule has 2 aromatic heterocycles. The lowest BCUT2D eigenvalue weighted by molar-refractivity contribution is -0.133. The highest BCUT2D eigenvalue weighted by molar-refractivity contribution is 5.98. The van der Waals surface area contributed by atoms with Gasteiger partial charge in [-0.2, -0.15) is 10.2 Å². The van der Waals surface area contributed by atoms with Crippen LogP contribution in [-0.4, -0.2) is 46.5 Å². The first kappa shape index (κ1) is 18.7. The lowest BCUT2D eigenvalue weighted by atomic mass is 9.83. The molecule has 0 bridgehead atoms. The molecule has 2 amide bonds. The molecule has 1 saturated carbocycles. The summed E-state index contributed by atoms with van der Waals surface area (Å²) >= 11 is 0. The van der Waals surface area contributed by atoms with E-state index >= 15 is 0 Å². The van der Waals surface area contributed by atoms with Crippen molar-refractivity contribution in [2.24, 2.45) is 13.0 Å². The van der Waals surface area contributed by atoms with Gasteiger partial charge in [0, 0.05) is 31.6 Å². The van der Waals surface area contributed by atoms with Crippen molar-refractivity contribution in [1.82, 2.24) is 19.8 Å². The zero-order chi connectivity index (χ0) is 19.6. The van der Waals surface area contributed by atoms with Crippen LogP contribution in [0.5, 0.6) is 5.88 Å². The molecule has 8 nitrogen and oxygen atoms in total. The summed E-state index contributed by atoms with van der Waals surface area (Å²) in [5.74, 6) is -0.391. The Labute approximate surface area is 157 Å². The molecule has 0 aliphatic heterocycles. The summed E-state index contributed by atoms with van der Waals surface area (Å²) in [6.45, 7) is 0. The van der Waals surface area contributed by atoms with Gasteiger partial charge in [0.2, 0.25) is 11.8 Å². The second-order valence-electron chi connectivity index (χ2n) is 6.82. The molecule has 0 unspecified atom stereocenters. The summed E-state index contributed by atoms with van der Waals surface area (Å²) in [6, 6.07) is 5.10. The van der Waals surface area contributed by atoms with Crippen LogP contribution in [0.2, 0.25) is 0 Å². The van der Waals surface area contributed by atoms with Crippen LogP contribution in [0.3, 0.4) is 0 Å². The molecule has 3 rings (SSSR count). The van der Waals surface area contributed by atoms with Crippen molar-refractivity contribution in [2.45, 2.75) is 31.7 Å². The van der Waals surface area contributed by atoms with Gasteiger partial charge in [-0.05, 0) is 25.0 Å². The molecule has 1 fully saturated rings. The van der Waals surface area contributed by atoms with E-state index in [0.29, 0.717) is 23.6 Å². The number of hydrogen-bond acceptors (Lipinski definition) is 5. The first-order valence-electron chi connectivity index (χ1n) is 8.95. The fourth-order valence-corrected chi connectivity index (χ4v) is 3.65. The molecular weight excluding hydrogens is 346 g/mol. The molecule has 27 heavy (non-hydrogen) atoms. The average molecular weight is 369 g/mol. The van der Waals surface area contributed by atoms with E-state index in [2.05, 4.69) is 10.3 Å². The first-order chi connectivity index (χ1) is 13.0. The minimum atomic E-state index is -0.375. The fourth-order valence-electron chi connectivity index (χ4n) is 3.65. The van der Waals surface area contributed by atoms with Gasteiger partial charge < -0.3 is 14.6 Å². The molecule has 0 aromatic carbocycles. The Hall–Kier alpha value is -3.08. The third kappa shape index (κ3) is 3.58. The van der Waals surface area contributed by atoms with E-state index in [4.69, 9.17) is 10.00 Å². The Kier molecular flexibility index (Phi) is 5.31. The molecule has 2 aromatic rings. The Balaban J connectivity index is 1.83. The van der Waals surface area contributed by atoms with Gasteiger partial charge in [-0.1, -0.05) is 12.8 Å². The number of nitrogens with zero attached hydrogens (tertiary/aromatic N) is 4. The van der Waals surface area contributed by atoms with E-state index in [1.165, 1.54) is 7.05 Å². The van der Waals surface area contributed by atoms with E-state index in [1.54, 1.807) is 30.9 Å². The van der Waals surface area contributed by atoms with Crippen LogP contribution in [0, 0.1) is 17.4 Å². The number of fused-ring (bicyclic) bond motifs is 1. The van der Waals surface area contributed by atoms with Crippen LogP contribution in [0.1, 0.15) is 36.2 Å². The van der Waals surface area contributed by atoms with Crippen LogP contribution >= 0.6 is 0 Å². The molecule has 2 atom stereocenters. The van der Waals surface area contributed by atoms with Crippen molar-refractivity contribution in [1.29, 1.82) is 5.26 Å². The third-order valence-corrected chi connectivity index (χ3v) is 5.17. The summed E-state index contributed by atoms with van der Waals surface area (Å²) < 4.78 is 6.87. The lowest BCUT2D eigenvalue weighted by Gasteiger charge is -2.32. The second kappa shape index (κ2) is 7.66. The molecule has 1 N–H and O–H groups in total. The van der Waals surface area contributed by atoms with Gasteiger partial charge in [0.05, 0.1) is 13.0 Å². The van der Waals surface area contributed by atoms with Crippen LogP contribution in [0.4, 0.5) is 0 Å². The Morgan fingerprint density at radius 2 is 2.11 bits per heavy atom. The van der Waals surface area contributed by atoms with Crippen molar-refractivity contribution in [3.63, 3.8) is 0 Å². The molecule has 0 saturated heterocycles. The monoisotopic (exact) mass is 369 g/mol. The third-order valence-electron chi connectivity index (χ3n) is 5.17. The number of aromatic nitrogens is 2. The van der Waals surface area contributed by atoms with Gasteiger partial charge in [0.25, 0.3) is 5.91 Å². The van der Waals surface area contributed by atoms with Crippen molar-refractivity contribution in [3.05, 3.63) is 23.9 Å². The van der Waals surface area contributed by atoms with Crippen molar-refractivity contribution < 1.29 is 14.3 Å². The van der Waals surface area contributed by atoms with Gasteiger partial charge in [-0.3, -0.25) is 14.5 Å². The minimum absolute atomic E-state index is 0.244. The molecule has 0 radical (unpaired) electrons. The predicted octanol–water partition coefficient (Wildman–Crippen LogP) is 1.81. The maximum Gasteiger partial charge on any atom is 0.268 e. The van der Waals surface area contributed by atoms with Gasteiger partial charge in [0.15, 0.2) is 6.19 Å². The van der Waals surface area contributed by atoms with Crippen molar-refractivity contribution >= 4 is 22.8 Å². The number of hydrogen-bond donors (Lipinski definition) is 1. The Morgan fingerprint density at radius 1 is 1.37 bits per heavy atom. The van der Waals surface area contributed by atoms with E-state index in [1.807, 2.05) is 12.3 Å². The quantitative estimate of drug-likeness (QED) is 0.654. The zero-order valence-electron chi connectivity index (χ0n) is 15.7. The largest absolute Gasteiger partial charge is 0.481 e. The highest BCUT2D eigenvalue weighted by atomic mass is 16.5. The van der Waals surface area contributed by atoms with E-state index in [9.17, 15) is 9.59 Å². The predicted molar refractivity (Wildman–Crippen MR) is 98.9 cm³/mol. The number of aryl methyl sites for hydroxylation is 1. The fraction of sp³-hybridized carbons (Fsp3) is 0.474. The van der Waals surface area contributed by atoms with Crippen LogP contribution in [0.15, 0.2) is 18.2 Å². The SMILES string of the molecule is COc1ccc2cc(C(=O)N[C@H]3CCCC[C@H]3C(=O)N(C)C#N)n(C)c2n1. The molecule has 8 heteroatoms. The zero-order valence-corrected chi connectivity index (χ0v) is 15.7. The van der Waals surface area contributed by atoms with E-state index < -0.39 is 0 Å². The Morgan fingerprint density at radius 3 is 2.81 bits per heavy atom. The topological polar surface area (TPSA) is 100 Å². The number of amides is 2. The highest BCUT2D eigenvalue weighted by Crippen LogP contribution is 2.27. The maximum absolute atomic E-state index is 12.9. The van der Waals surface area contributed by atoms with Gasteiger partial charge >= 0.3 is 0 Å². The smallest absolute Gasteiger partial charge is 0.268 e. The summed E-state index contributed by atoms with van der Waals surface area (Å²) in [5, 5.41) is 12.8. The number of pyridine rings is 1. The number of rotatable bonds is 4. The number of ether oxygens (including phenoxy) is 1. The number of carbonyl (C=O) groups excluding carboxylic acids is 2.